The van der Waals surface area contributed by atoms with Gasteiger partial charge in [0, 0.05) is 28.5 Å². The molecule has 2 heterocycles. The zero-order chi connectivity index (χ0) is 19.5. The van der Waals surface area contributed by atoms with E-state index in [9.17, 15) is 4.79 Å². The molecule has 2 aromatic heterocycles. The molecule has 2 aromatic carbocycles. The number of rotatable bonds is 4. The van der Waals surface area contributed by atoms with Crippen LogP contribution in [-0.4, -0.2) is 15.9 Å². The highest BCUT2D eigenvalue weighted by Gasteiger charge is 2.11. The number of nitrogens with zero attached hydrogens (tertiary/aromatic N) is 2. The second-order valence-electron chi connectivity index (χ2n) is 6.25. The number of aryl methyl sites for hydroxylation is 1. The summed E-state index contributed by atoms with van der Waals surface area (Å²) in [5, 5.41) is 3.55. The smallest absolute Gasteiger partial charge is 0.248 e. The van der Waals surface area contributed by atoms with E-state index in [1.807, 2.05) is 43.3 Å². The van der Waals surface area contributed by atoms with Crippen LogP contribution in [0.2, 0.25) is 5.02 Å². The van der Waals surface area contributed by atoms with Gasteiger partial charge in [-0.25, -0.2) is 4.98 Å². The van der Waals surface area contributed by atoms with E-state index in [0.717, 1.165) is 16.7 Å². The number of amides is 1. The molecule has 0 radical (unpaired) electrons. The van der Waals surface area contributed by atoms with Crippen LogP contribution in [-0.2, 0) is 4.79 Å². The first-order chi connectivity index (χ1) is 13.6. The second-order valence-corrected chi connectivity index (χ2v) is 6.68. The Bertz CT molecular complexity index is 1150. The van der Waals surface area contributed by atoms with Crippen molar-refractivity contribution in [3.05, 3.63) is 83.0 Å². The van der Waals surface area contributed by atoms with Gasteiger partial charge in [0.15, 0.2) is 11.2 Å². The number of nitrogens with one attached hydrogen (secondary N) is 1. The van der Waals surface area contributed by atoms with Crippen LogP contribution in [0.3, 0.4) is 0 Å². The molecule has 4 rings (SSSR count). The first kappa shape index (κ1) is 17.9. The van der Waals surface area contributed by atoms with Crippen molar-refractivity contribution in [2.24, 2.45) is 0 Å². The van der Waals surface area contributed by atoms with Crippen molar-refractivity contribution in [2.45, 2.75) is 6.92 Å². The lowest BCUT2D eigenvalue weighted by Crippen LogP contribution is -2.09. The van der Waals surface area contributed by atoms with Crippen LogP contribution in [0.5, 0.6) is 0 Å². The number of halogens is 1. The molecule has 1 amide bonds. The minimum atomic E-state index is -0.227. The zero-order valence-corrected chi connectivity index (χ0v) is 15.8. The number of carbonyl (C=O) groups is 1. The fraction of sp³-hybridized carbons (Fsp3) is 0.0455. The molecular weight excluding hydrogens is 374 g/mol. The Balaban J connectivity index is 1.55. The molecular formula is C22H16ClN3O2. The molecule has 0 fully saturated rings. The zero-order valence-electron chi connectivity index (χ0n) is 15.0. The number of hydrogen-bond donors (Lipinski definition) is 1. The highest BCUT2D eigenvalue weighted by molar-refractivity contribution is 6.30. The maximum atomic E-state index is 12.3. The lowest BCUT2D eigenvalue weighted by molar-refractivity contribution is -0.111. The van der Waals surface area contributed by atoms with E-state index in [4.69, 9.17) is 16.0 Å². The molecule has 0 aliphatic heterocycles. The number of hydrogen-bond acceptors (Lipinski definition) is 4. The largest absolute Gasteiger partial charge is 0.434 e. The Morgan fingerprint density at radius 1 is 1.14 bits per heavy atom. The Labute approximate surface area is 166 Å². The van der Waals surface area contributed by atoms with Crippen LogP contribution >= 0.6 is 11.6 Å². The molecule has 1 N–H and O–H groups in total. The van der Waals surface area contributed by atoms with Gasteiger partial charge in [0.25, 0.3) is 0 Å². The predicted molar refractivity (Wildman–Crippen MR) is 111 cm³/mol. The van der Waals surface area contributed by atoms with E-state index >= 15 is 0 Å². The van der Waals surface area contributed by atoms with Gasteiger partial charge in [0.2, 0.25) is 11.8 Å². The number of aromatic nitrogens is 2. The molecule has 0 atom stereocenters. The van der Waals surface area contributed by atoms with E-state index < -0.39 is 0 Å². The normalized spacial score (nSPS) is 11.2. The van der Waals surface area contributed by atoms with Crippen molar-refractivity contribution < 1.29 is 9.21 Å². The number of benzene rings is 2. The standard InChI is InChI=1S/C22H16ClN3O2/c1-14-4-8-16(22-26-21-19(28-22)3-2-12-24-21)13-18(14)25-20(27)11-7-15-5-9-17(23)10-6-15/h2-13H,1H3,(H,25,27)/b11-7+. The van der Waals surface area contributed by atoms with Crippen LogP contribution in [0.15, 0.2) is 71.3 Å². The first-order valence-corrected chi connectivity index (χ1v) is 9.03. The summed E-state index contributed by atoms with van der Waals surface area (Å²) in [4.78, 5) is 20.9. The maximum absolute atomic E-state index is 12.3. The molecule has 0 saturated carbocycles. The van der Waals surface area contributed by atoms with E-state index in [-0.39, 0.29) is 5.91 Å². The van der Waals surface area contributed by atoms with Crippen LogP contribution in [0.1, 0.15) is 11.1 Å². The summed E-state index contributed by atoms with van der Waals surface area (Å²) in [7, 11) is 0. The van der Waals surface area contributed by atoms with Gasteiger partial charge < -0.3 is 9.73 Å². The fourth-order valence-corrected chi connectivity index (χ4v) is 2.83. The lowest BCUT2D eigenvalue weighted by Gasteiger charge is -2.08. The quantitative estimate of drug-likeness (QED) is 0.468. The van der Waals surface area contributed by atoms with Crippen molar-refractivity contribution in [3.63, 3.8) is 0 Å². The summed E-state index contributed by atoms with van der Waals surface area (Å²) >= 11 is 5.87. The molecule has 28 heavy (non-hydrogen) atoms. The summed E-state index contributed by atoms with van der Waals surface area (Å²) in [5.74, 6) is 0.232. The van der Waals surface area contributed by atoms with E-state index in [1.54, 1.807) is 30.5 Å². The van der Waals surface area contributed by atoms with Crippen LogP contribution in [0, 0.1) is 6.92 Å². The van der Waals surface area contributed by atoms with Crippen LogP contribution < -0.4 is 5.32 Å². The SMILES string of the molecule is Cc1ccc(-c2nc3ncccc3o2)cc1NC(=O)/C=C/c1ccc(Cl)cc1. The Kier molecular flexibility index (Phi) is 4.91. The minimum Gasteiger partial charge on any atom is -0.434 e. The summed E-state index contributed by atoms with van der Waals surface area (Å²) in [6.45, 7) is 1.93. The number of oxazole rings is 1. The molecule has 138 valence electrons. The summed E-state index contributed by atoms with van der Waals surface area (Å²) in [6, 6.07) is 16.5. The molecule has 0 saturated heterocycles. The molecule has 0 bridgehead atoms. The van der Waals surface area contributed by atoms with Gasteiger partial charge in [-0.05, 0) is 60.5 Å². The van der Waals surface area contributed by atoms with Gasteiger partial charge in [0.05, 0.1) is 0 Å². The molecule has 0 unspecified atom stereocenters. The topological polar surface area (TPSA) is 68.0 Å². The summed E-state index contributed by atoms with van der Waals surface area (Å²) < 4.78 is 5.76. The van der Waals surface area contributed by atoms with Gasteiger partial charge >= 0.3 is 0 Å². The maximum Gasteiger partial charge on any atom is 0.248 e. The molecule has 0 aliphatic carbocycles. The van der Waals surface area contributed by atoms with Crippen molar-refractivity contribution >= 4 is 40.5 Å². The Hall–Kier alpha value is -3.44. The fourth-order valence-electron chi connectivity index (χ4n) is 2.70. The van der Waals surface area contributed by atoms with Gasteiger partial charge in [-0.15, -0.1) is 0 Å². The van der Waals surface area contributed by atoms with Crippen molar-refractivity contribution in [2.75, 3.05) is 5.32 Å². The molecule has 6 heteroatoms. The van der Waals surface area contributed by atoms with Crippen molar-refractivity contribution in [3.8, 4) is 11.5 Å². The third-order valence-corrected chi connectivity index (χ3v) is 4.46. The van der Waals surface area contributed by atoms with Gasteiger partial charge in [0.1, 0.15) is 0 Å². The van der Waals surface area contributed by atoms with Gasteiger partial charge in [-0.3, -0.25) is 4.79 Å². The summed E-state index contributed by atoms with van der Waals surface area (Å²) in [6.07, 6.45) is 4.89. The molecule has 0 spiro atoms. The number of carbonyl (C=O) groups excluding carboxylic acids is 1. The molecule has 5 nitrogen and oxygen atoms in total. The van der Waals surface area contributed by atoms with Crippen LogP contribution in [0.4, 0.5) is 5.69 Å². The average molecular weight is 390 g/mol. The lowest BCUT2D eigenvalue weighted by atomic mass is 10.1. The number of fused-ring (bicyclic) bond motifs is 1. The second kappa shape index (κ2) is 7.66. The molecule has 0 aliphatic rings. The van der Waals surface area contributed by atoms with Gasteiger partial charge in [-0.1, -0.05) is 29.8 Å². The Morgan fingerprint density at radius 2 is 1.96 bits per heavy atom. The first-order valence-electron chi connectivity index (χ1n) is 8.66. The van der Waals surface area contributed by atoms with E-state index in [1.165, 1.54) is 6.08 Å². The third kappa shape index (κ3) is 3.94. The monoisotopic (exact) mass is 389 g/mol. The third-order valence-electron chi connectivity index (χ3n) is 4.20. The minimum absolute atomic E-state index is 0.227. The predicted octanol–water partition coefficient (Wildman–Crippen LogP) is 5.50. The number of pyridine rings is 1. The van der Waals surface area contributed by atoms with E-state index in [2.05, 4.69) is 15.3 Å². The Morgan fingerprint density at radius 3 is 2.75 bits per heavy atom. The summed E-state index contributed by atoms with van der Waals surface area (Å²) in [5.41, 5.74) is 4.46. The van der Waals surface area contributed by atoms with Crippen LogP contribution in [0.25, 0.3) is 28.8 Å². The highest BCUT2D eigenvalue weighted by atomic mass is 35.5. The number of anilines is 1. The van der Waals surface area contributed by atoms with Crippen molar-refractivity contribution in [1.29, 1.82) is 0 Å². The highest BCUT2D eigenvalue weighted by Crippen LogP contribution is 2.27. The molecule has 4 aromatic rings. The van der Waals surface area contributed by atoms with E-state index in [0.29, 0.717) is 27.8 Å². The average Bonchev–Trinajstić information content (AvgIpc) is 3.13. The van der Waals surface area contributed by atoms with Gasteiger partial charge in [-0.2, -0.15) is 4.98 Å². The van der Waals surface area contributed by atoms with Crippen molar-refractivity contribution in [1.82, 2.24) is 9.97 Å².